The van der Waals surface area contributed by atoms with E-state index in [1.54, 1.807) is 0 Å². The second-order valence-corrected chi connectivity index (χ2v) is 4.69. The quantitative estimate of drug-likeness (QED) is 0.325. The number of unbranched alkanes of at least 4 members (excludes halogenated alkanes) is 1. The van der Waals surface area contributed by atoms with Crippen molar-refractivity contribution in [1.29, 1.82) is 0 Å². The van der Waals surface area contributed by atoms with Gasteiger partial charge < -0.3 is 21.2 Å². The molecule has 0 spiro atoms. The maximum atomic E-state index is 11.0. The van der Waals surface area contributed by atoms with E-state index in [-0.39, 0.29) is 5.91 Å². The summed E-state index contributed by atoms with van der Waals surface area (Å²) in [4.78, 5) is 12.8. The van der Waals surface area contributed by atoms with Gasteiger partial charge in [-0.1, -0.05) is 6.92 Å². The highest BCUT2D eigenvalue weighted by molar-refractivity contribution is 6.04. The lowest BCUT2D eigenvalue weighted by Gasteiger charge is -2.17. The third-order valence-corrected chi connectivity index (χ3v) is 2.87. The molecule has 0 aromatic carbocycles. The number of nitrogens with two attached hydrogens (primary N) is 1. The largest absolute Gasteiger partial charge is 0.356 e. The summed E-state index contributed by atoms with van der Waals surface area (Å²) < 4.78 is 0. The minimum Gasteiger partial charge on any atom is -0.356 e. The lowest BCUT2D eigenvalue weighted by molar-refractivity contribution is -0.120. The van der Waals surface area contributed by atoms with E-state index in [1.807, 2.05) is 11.7 Å². The molecule has 0 bridgehead atoms. The van der Waals surface area contributed by atoms with Gasteiger partial charge in [0.15, 0.2) is 7.98 Å². The standard InChI is InChI=1S/C13H29BN4O/c1-2-13(19)17-10-6-12-18(14)11-4-3-8-16-9-5-7-15/h16H,2-12,15H2,1H3,(H,17,19). The molecule has 0 saturated carbocycles. The summed E-state index contributed by atoms with van der Waals surface area (Å²) in [6.07, 6.45) is 4.70. The maximum Gasteiger partial charge on any atom is 0.219 e. The van der Waals surface area contributed by atoms with Crippen LogP contribution in [0.3, 0.4) is 0 Å². The molecule has 0 aliphatic heterocycles. The summed E-state index contributed by atoms with van der Waals surface area (Å²) in [6.45, 7) is 7.07. The molecule has 5 nitrogen and oxygen atoms in total. The Hall–Kier alpha value is -0.585. The molecule has 6 heteroatoms. The average molecular weight is 268 g/mol. The molecule has 0 aliphatic carbocycles. The van der Waals surface area contributed by atoms with Crippen molar-refractivity contribution < 1.29 is 4.79 Å². The van der Waals surface area contributed by atoms with E-state index in [4.69, 9.17) is 13.7 Å². The van der Waals surface area contributed by atoms with Crippen LogP contribution in [0.25, 0.3) is 0 Å². The van der Waals surface area contributed by atoms with E-state index < -0.39 is 0 Å². The normalized spacial score (nSPS) is 10.9. The first kappa shape index (κ1) is 18.4. The van der Waals surface area contributed by atoms with Crippen molar-refractivity contribution in [3.63, 3.8) is 0 Å². The predicted molar refractivity (Wildman–Crippen MR) is 81.0 cm³/mol. The van der Waals surface area contributed by atoms with E-state index >= 15 is 0 Å². The van der Waals surface area contributed by atoms with Gasteiger partial charge in [-0.25, -0.2) is 0 Å². The summed E-state index contributed by atoms with van der Waals surface area (Å²) in [6, 6.07) is 0. The molecule has 0 atom stereocenters. The van der Waals surface area contributed by atoms with Crippen LogP contribution in [-0.2, 0) is 4.79 Å². The van der Waals surface area contributed by atoms with Gasteiger partial charge in [0.25, 0.3) is 0 Å². The van der Waals surface area contributed by atoms with Crippen LogP contribution in [0, 0.1) is 0 Å². The Labute approximate surface area is 119 Å². The maximum absolute atomic E-state index is 11.0. The highest BCUT2D eigenvalue weighted by atomic mass is 16.1. The van der Waals surface area contributed by atoms with E-state index in [2.05, 4.69) is 10.6 Å². The van der Waals surface area contributed by atoms with Crippen LogP contribution in [0.5, 0.6) is 0 Å². The number of rotatable bonds is 13. The first-order valence-electron chi connectivity index (χ1n) is 7.37. The third kappa shape index (κ3) is 13.6. The summed E-state index contributed by atoms with van der Waals surface area (Å²) in [5.41, 5.74) is 5.41. The summed E-state index contributed by atoms with van der Waals surface area (Å²) in [5, 5.41) is 6.19. The smallest absolute Gasteiger partial charge is 0.219 e. The second kappa shape index (κ2) is 13.8. The van der Waals surface area contributed by atoms with Crippen molar-refractivity contribution >= 4 is 13.9 Å². The third-order valence-electron chi connectivity index (χ3n) is 2.87. The van der Waals surface area contributed by atoms with E-state index in [1.165, 1.54) is 0 Å². The van der Waals surface area contributed by atoms with E-state index in [9.17, 15) is 4.79 Å². The first-order chi connectivity index (χ1) is 9.20. The Morgan fingerprint density at radius 3 is 2.47 bits per heavy atom. The van der Waals surface area contributed by atoms with Gasteiger partial charge in [-0.3, -0.25) is 4.79 Å². The van der Waals surface area contributed by atoms with Gasteiger partial charge >= 0.3 is 0 Å². The molecular formula is C13H29BN4O. The highest BCUT2D eigenvalue weighted by Gasteiger charge is 1.99. The number of hydrogen-bond donors (Lipinski definition) is 3. The van der Waals surface area contributed by atoms with Gasteiger partial charge in [-0.2, -0.15) is 0 Å². The molecule has 1 amide bonds. The lowest BCUT2D eigenvalue weighted by Crippen LogP contribution is -2.29. The number of amides is 1. The molecule has 4 N–H and O–H groups in total. The van der Waals surface area contributed by atoms with Crippen molar-refractivity contribution in [1.82, 2.24) is 15.4 Å². The summed E-state index contributed by atoms with van der Waals surface area (Å²) in [5.74, 6) is 0.104. The van der Waals surface area contributed by atoms with Crippen LogP contribution >= 0.6 is 0 Å². The van der Waals surface area contributed by atoms with Crippen LogP contribution in [0.15, 0.2) is 0 Å². The lowest BCUT2D eigenvalue weighted by atomic mass is 10.2. The molecule has 0 saturated heterocycles. The van der Waals surface area contributed by atoms with Gasteiger partial charge in [-0.15, -0.1) is 0 Å². The Kier molecular flexibility index (Phi) is 13.4. The Morgan fingerprint density at radius 2 is 1.79 bits per heavy atom. The topological polar surface area (TPSA) is 70.4 Å². The van der Waals surface area contributed by atoms with Gasteiger partial charge in [0.05, 0.1) is 0 Å². The predicted octanol–water partition coefficient (Wildman–Crippen LogP) is 0.00680. The highest BCUT2D eigenvalue weighted by Crippen LogP contribution is 1.93. The van der Waals surface area contributed by atoms with Crippen molar-refractivity contribution in [2.75, 3.05) is 39.3 Å². The fourth-order valence-corrected chi connectivity index (χ4v) is 1.66. The summed E-state index contributed by atoms with van der Waals surface area (Å²) in [7, 11) is 5.87. The van der Waals surface area contributed by atoms with Crippen LogP contribution < -0.4 is 16.4 Å². The molecule has 0 aromatic rings. The SMILES string of the molecule is [B]N(CCCCNCCCN)CCCNC(=O)CC. The molecule has 2 radical (unpaired) electrons. The molecule has 0 aromatic heterocycles. The zero-order valence-electron chi connectivity index (χ0n) is 12.3. The molecule has 0 rings (SSSR count). The van der Waals surface area contributed by atoms with Crippen LogP contribution in [0.4, 0.5) is 0 Å². The Balaban J connectivity index is 3.21. The average Bonchev–Trinajstić information content (AvgIpc) is 2.42. The van der Waals surface area contributed by atoms with E-state index in [0.29, 0.717) is 13.0 Å². The Bertz CT molecular complexity index is 217. The van der Waals surface area contributed by atoms with Crippen LogP contribution in [0.2, 0.25) is 0 Å². The minimum absolute atomic E-state index is 0.104. The number of nitrogens with one attached hydrogen (secondary N) is 2. The van der Waals surface area contributed by atoms with Crippen molar-refractivity contribution in [2.24, 2.45) is 5.73 Å². The fourth-order valence-electron chi connectivity index (χ4n) is 1.66. The fraction of sp³-hybridized carbons (Fsp3) is 0.923. The molecule has 19 heavy (non-hydrogen) atoms. The molecule has 0 heterocycles. The molecule has 0 aliphatic rings. The zero-order chi connectivity index (χ0) is 14.3. The monoisotopic (exact) mass is 268 g/mol. The molecule has 0 unspecified atom stereocenters. The molecular weight excluding hydrogens is 239 g/mol. The van der Waals surface area contributed by atoms with Gasteiger partial charge in [0.1, 0.15) is 0 Å². The number of hydrogen-bond acceptors (Lipinski definition) is 4. The zero-order valence-corrected chi connectivity index (χ0v) is 12.3. The van der Waals surface area contributed by atoms with Crippen LogP contribution in [-0.4, -0.2) is 58.0 Å². The number of carbonyl (C=O) groups excluding carboxylic acids is 1. The van der Waals surface area contributed by atoms with E-state index in [0.717, 1.165) is 58.4 Å². The van der Waals surface area contributed by atoms with Gasteiger partial charge in [0.2, 0.25) is 5.91 Å². The van der Waals surface area contributed by atoms with Crippen molar-refractivity contribution in [3.8, 4) is 0 Å². The molecule has 110 valence electrons. The number of nitrogens with zero attached hydrogens (tertiary/aromatic N) is 1. The first-order valence-corrected chi connectivity index (χ1v) is 7.37. The molecule has 0 fully saturated rings. The number of carbonyl (C=O) groups is 1. The van der Waals surface area contributed by atoms with Crippen molar-refractivity contribution in [3.05, 3.63) is 0 Å². The van der Waals surface area contributed by atoms with Crippen LogP contribution in [0.1, 0.15) is 39.0 Å². The minimum atomic E-state index is 0.104. The van der Waals surface area contributed by atoms with Crippen molar-refractivity contribution in [2.45, 2.75) is 39.0 Å². The second-order valence-electron chi connectivity index (χ2n) is 4.69. The van der Waals surface area contributed by atoms with Gasteiger partial charge in [0, 0.05) is 13.0 Å². The Morgan fingerprint density at radius 1 is 1.11 bits per heavy atom. The van der Waals surface area contributed by atoms with Gasteiger partial charge in [-0.05, 0) is 58.4 Å². The summed E-state index contributed by atoms with van der Waals surface area (Å²) >= 11 is 0.